The lowest BCUT2D eigenvalue weighted by atomic mass is 9.74. The van der Waals surface area contributed by atoms with Crippen LogP contribution in [0.1, 0.15) is 44.1 Å². The van der Waals surface area contributed by atoms with Crippen LogP contribution >= 0.6 is 0 Å². The van der Waals surface area contributed by atoms with Crippen LogP contribution in [-0.4, -0.2) is 47.6 Å². The van der Waals surface area contributed by atoms with Crippen molar-refractivity contribution in [3.8, 4) is 11.5 Å². The normalized spacial score (nSPS) is 20.8. The summed E-state index contributed by atoms with van der Waals surface area (Å²) in [4.78, 5) is 0. The zero-order valence-electron chi connectivity index (χ0n) is 15.6. The minimum Gasteiger partial charge on any atom is -0.493 e. The highest BCUT2D eigenvalue weighted by Gasteiger charge is 2.38. The van der Waals surface area contributed by atoms with E-state index < -0.39 is 10.0 Å². The Bertz CT molecular complexity index is 707. The fourth-order valence-electron chi connectivity index (χ4n) is 4.05. The van der Waals surface area contributed by atoms with Crippen LogP contribution in [0.4, 0.5) is 0 Å². The van der Waals surface area contributed by atoms with Crippen molar-refractivity contribution in [1.29, 1.82) is 0 Å². The number of hydrogen-bond donors (Lipinski definition) is 1. The summed E-state index contributed by atoms with van der Waals surface area (Å²) in [5.74, 6) is 1.33. The Morgan fingerprint density at radius 3 is 2.38 bits per heavy atom. The third kappa shape index (κ3) is 4.00. The van der Waals surface area contributed by atoms with Crippen molar-refractivity contribution in [3.63, 3.8) is 0 Å². The van der Waals surface area contributed by atoms with Gasteiger partial charge < -0.3 is 14.2 Å². The van der Waals surface area contributed by atoms with Gasteiger partial charge in [0.1, 0.15) is 0 Å². The second-order valence-corrected chi connectivity index (χ2v) is 9.28. The Kier molecular flexibility index (Phi) is 6.10. The van der Waals surface area contributed by atoms with Crippen molar-refractivity contribution >= 4 is 10.0 Å². The van der Waals surface area contributed by atoms with Gasteiger partial charge in [0.15, 0.2) is 11.5 Å². The molecular formula is C19H29NO5S. The molecule has 0 unspecified atom stereocenters. The maximum Gasteiger partial charge on any atom is 0.214 e. The zero-order chi connectivity index (χ0) is 18.6. The van der Waals surface area contributed by atoms with Gasteiger partial charge in [0.2, 0.25) is 10.0 Å². The molecule has 7 heteroatoms. The van der Waals surface area contributed by atoms with Crippen LogP contribution in [0.2, 0.25) is 0 Å². The van der Waals surface area contributed by atoms with Crippen molar-refractivity contribution in [2.45, 2.75) is 49.2 Å². The van der Waals surface area contributed by atoms with Gasteiger partial charge in [0, 0.05) is 25.2 Å². The summed E-state index contributed by atoms with van der Waals surface area (Å²) in [7, 11) is -0.0600. The first-order valence-corrected chi connectivity index (χ1v) is 10.8. The van der Waals surface area contributed by atoms with Crippen LogP contribution < -0.4 is 14.2 Å². The molecule has 146 valence electrons. The molecule has 1 N–H and O–H groups in total. The summed E-state index contributed by atoms with van der Waals surface area (Å²) in [6.07, 6.45) is 5.08. The average Bonchev–Trinajstić information content (AvgIpc) is 3.22. The van der Waals surface area contributed by atoms with Gasteiger partial charge in [-0.1, -0.05) is 18.9 Å². The molecule has 0 amide bonds. The Hall–Kier alpha value is -1.31. The molecule has 2 fully saturated rings. The molecule has 1 saturated carbocycles. The van der Waals surface area contributed by atoms with E-state index in [4.69, 9.17) is 14.2 Å². The van der Waals surface area contributed by atoms with Crippen molar-refractivity contribution in [3.05, 3.63) is 23.8 Å². The highest BCUT2D eigenvalue weighted by Crippen LogP contribution is 2.39. The van der Waals surface area contributed by atoms with Crippen LogP contribution in [0.5, 0.6) is 11.5 Å². The Morgan fingerprint density at radius 2 is 1.77 bits per heavy atom. The summed E-state index contributed by atoms with van der Waals surface area (Å²) in [5, 5.41) is -0.246. The molecule has 1 aliphatic heterocycles. The highest BCUT2D eigenvalue weighted by atomic mass is 32.2. The largest absolute Gasteiger partial charge is 0.493 e. The third-order valence-electron chi connectivity index (χ3n) is 5.80. The first-order valence-electron chi connectivity index (χ1n) is 9.29. The van der Waals surface area contributed by atoms with Crippen LogP contribution in [-0.2, 0) is 20.2 Å². The average molecular weight is 384 g/mol. The molecular weight excluding hydrogens is 354 g/mol. The molecule has 2 aliphatic rings. The quantitative estimate of drug-likeness (QED) is 0.783. The number of hydrogen-bond acceptors (Lipinski definition) is 5. The van der Waals surface area contributed by atoms with Gasteiger partial charge in [-0.15, -0.1) is 0 Å². The molecule has 0 radical (unpaired) electrons. The van der Waals surface area contributed by atoms with Crippen LogP contribution in [0.3, 0.4) is 0 Å². The lowest BCUT2D eigenvalue weighted by Crippen LogP contribution is -2.46. The molecule has 0 spiro atoms. The van der Waals surface area contributed by atoms with Gasteiger partial charge in [-0.2, -0.15) is 0 Å². The van der Waals surface area contributed by atoms with Gasteiger partial charge in [-0.25, -0.2) is 13.1 Å². The van der Waals surface area contributed by atoms with Crippen LogP contribution in [0.15, 0.2) is 18.2 Å². The van der Waals surface area contributed by atoms with Gasteiger partial charge in [0.05, 0.1) is 19.5 Å². The molecule has 26 heavy (non-hydrogen) atoms. The SMILES string of the molecule is COc1ccc(C2(CNS(=O)(=O)C3CCCC3)CCOCC2)cc1OC. The molecule has 0 atom stereocenters. The maximum absolute atomic E-state index is 12.7. The minimum absolute atomic E-state index is 0.246. The minimum atomic E-state index is -3.28. The Morgan fingerprint density at radius 1 is 1.12 bits per heavy atom. The van der Waals surface area contributed by atoms with E-state index in [2.05, 4.69) is 4.72 Å². The molecule has 6 nitrogen and oxygen atoms in total. The van der Waals surface area contributed by atoms with E-state index >= 15 is 0 Å². The fraction of sp³-hybridized carbons (Fsp3) is 0.684. The number of ether oxygens (including phenoxy) is 3. The van der Waals surface area contributed by atoms with E-state index in [-0.39, 0.29) is 10.7 Å². The molecule has 0 aromatic heterocycles. The summed E-state index contributed by atoms with van der Waals surface area (Å²) >= 11 is 0. The summed E-state index contributed by atoms with van der Waals surface area (Å²) < 4.78 is 44.6. The molecule has 0 bridgehead atoms. The number of methoxy groups -OCH3 is 2. The molecule has 1 heterocycles. The lowest BCUT2D eigenvalue weighted by molar-refractivity contribution is 0.0516. The van der Waals surface area contributed by atoms with Crippen LogP contribution in [0, 0.1) is 0 Å². The van der Waals surface area contributed by atoms with Crippen molar-refractivity contribution in [2.24, 2.45) is 0 Å². The number of sulfonamides is 1. The standard InChI is InChI=1S/C19H29NO5S/c1-23-17-8-7-15(13-18(17)24-2)19(9-11-25-12-10-19)14-20-26(21,22)16-5-3-4-6-16/h7-8,13,16,20H,3-6,9-12,14H2,1-2H3. The zero-order valence-corrected chi connectivity index (χ0v) is 16.4. The second-order valence-electron chi connectivity index (χ2n) is 7.24. The molecule has 3 rings (SSSR count). The van der Waals surface area contributed by atoms with E-state index in [1.165, 1.54) is 0 Å². The summed E-state index contributed by atoms with van der Waals surface area (Å²) in [6, 6.07) is 5.86. The van der Waals surface area contributed by atoms with E-state index in [0.717, 1.165) is 44.1 Å². The monoisotopic (exact) mass is 383 g/mol. The number of nitrogens with one attached hydrogen (secondary N) is 1. The van der Waals surface area contributed by atoms with E-state index in [1.807, 2.05) is 18.2 Å². The van der Waals surface area contributed by atoms with E-state index in [0.29, 0.717) is 31.3 Å². The van der Waals surface area contributed by atoms with Gasteiger partial charge in [0.25, 0.3) is 0 Å². The van der Waals surface area contributed by atoms with Crippen LogP contribution in [0.25, 0.3) is 0 Å². The predicted octanol–water partition coefficient (Wildman–Crippen LogP) is 2.61. The van der Waals surface area contributed by atoms with Gasteiger partial charge in [-0.05, 0) is 43.4 Å². The van der Waals surface area contributed by atoms with E-state index in [1.54, 1.807) is 14.2 Å². The second kappa shape index (κ2) is 8.15. The Labute approximate surface area is 156 Å². The summed E-state index contributed by atoms with van der Waals surface area (Å²) in [6.45, 7) is 1.64. The smallest absolute Gasteiger partial charge is 0.214 e. The molecule has 1 aliphatic carbocycles. The first-order chi connectivity index (χ1) is 12.5. The lowest BCUT2D eigenvalue weighted by Gasteiger charge is -2.38. The van der Waals surface area contributed by atoms with E-state index in [9.17, 15) is 8.42 Å². The predicted molar refractivity (Wildman–Crippen MR) is 100 cm³/mol. The highest BCUT2D eigenvalue weighted by molar-refractivity contribution is 7.90. The number of rotatable bonds is 7. The van der Waals surface area contributed by atoms with Crippen molar-refractivity contribution in [1.82, 2.24) is 4.72 Å². The molecule has 1 aromatic carbocycles. The number of benzene rings is 1. The third-order valence-corrected chi connectivity index (χ3v) is 7.69. The van der Waals surface area contributed by atoms with Gasteiger partial charge >= 0.3 is 0 Å². The van der Waals surface area contributed by atoms with Crippen molar-refractivity contribution < 1.29 is 22.6 Å². The summed E-state index contributed by atoms with van der Waals surface area (Å²) in [5.41, 5.74) is 0.774. The Balaban J connectivity index is 1.85. The maximum atomic E-state index is 12.7. The molecule has 1 saturated heterocycles. The molecule has 1 aromatic rings. The first kappa shape index (κ1) is 19.5. The van der Waals surface area contributed by atoms with Crippen molar-refractivity contribution in [2.75, 3.05) is 34.0 Å². The fourth-order valence-corrected chi connectivity index (χ4v) is 5.72. The topological polar surface area (TPSA) is 73.9 Å². The van der Waals surface area contributed by atoms with Gasteiger partial charge in [-0.3, -0.25) is 0 Å².